The van der Waals surface area contributed by atoms with Crippen molar-refractivity contribution in [1.82, 2.24) is 0 Å². The van der Waals surface area contributed by atoms with Crippen molar-refractivity contribution < 1.29 is 4.74 Å². The van der Waals surface area contributed by atoms with E-state index in [1.54, 1.807) is 0 Å². The van der Waals surface area contributed by atoms with Crippen LogP contribution in [0.2, 0.25) is 0 Å². The first kappa shape index (κ1) is 13.5. The minimum atomic E-state index is 0.639. The molecule has 70 valence electrons. The molecule has 0 aliphatic rings. The summed E-state index contributed by atoms with van der Waals surface area (Å²) in [5.41, 5.74) is 5.14. The Kier molecular flexibility index (Phi) is 15.4. The molecule has 2 N–H and O–H groups in total. The van der Waals surface area contributed by atoms with Gasteiger partial charge in [0, 0.05) is 13.2 Å². The van der Waals surface area contributed by atoms with Crippen molar-refractivity contribution in [2.75, 3.05) is 19.8 Å². The van der Waals surface area contributed by atoms with Crippen LogP contribution in [0.1, 0.15) is 34.1 Å². The van der Waals surface area contributed by atoms with Gasteiger partial charge >= 0.3 is 0 Å². The first-order valence-corrected chi connectivity index (χ1v) is 4.42. The van der Waals surface area contributed by atoms with Crippen molar-refractivity contribution in [3.05, 3.63) is 0 Å². The van der Waals surface area contributed by atoms with Crippen LogP contribution >= 0.6 is 0 Å². The fourth-order valence-corrected chi connectivity index (χ4v) is 0.330. The molecule has 0 bridgehead atoms. The Morgan fingerprint density at radius 1 is 1.18 bits per heavy atom. The molecule has 0 aromatic heterocycles. The lowest BCUT2D eigenvalue weighted by Gasteiger charge is -1.95. The molecule has 0 saturated heterocycles. The zero-order valence-electron chi connectivity index (χ0n) is 8.39. The molecule has 0 radical (unpaired) electrons. The Hall–Kier alpha value is -0.0800. The van der Waals surface area contributed by atoms with Gasteiger partial charge in [0.2, 0.25) is 0 Å². The first-order valence-electron chi connectivity index (χ1n) is 4.42. The van der Waals surface area contributed by atoms with Gasteiger partial charge < -0.3 is 10.5 Å². The molecule has 0 amide bonds. The molecule has 0 aromatic rings. The third-order valence-electron chi connectivity index (χ3n) is 0.611. The molecular formula is C9H23NO. The van der Waals surface area contributed by atoms with Gasteiger partial charge in [-0.1, -0.05) is 27.7 Å². The van der Waals surface area contributed by atoms with E-state index in [0.717, 1.165) is 18.9 Å². The molecule has 11 heavy (non-hydrogen) atoms. The van der Waals surface area contributed by atoms with E-state index in [1.807, 2.05) is 0 Å². The maximum absolute atomic E-state index is 5.14. The van der Waals surface area contributed by atoms with Crippen LogP contribution in [0, 0.1) is 5.92 Å². The fraction of sp³-hybridized carbons (Fsp3) is 1.00. The van der Waals surface area contributed by atoms with Gasteiger partial charge in [-0.3, -0.25) is 0 Å². The van der Waals surface area contributed by atoms with Crippen molar-refractivity contribution in [2.45, 2.75) is 34.1 Å². The molecular weight excluding hydrogens is 138 g/mol. The SMILES string of the molecule is CC(C)C.CCCOCCN. The highest BCUT2D eigenvalue weighted by Crippen LogP contribution is 1.81. The summed E-state index contributed by atoms with van der Waals surface area (Å²) in [7, 11) is 0. The van der Waals surface area contributed by atoms with E-state index in [4.69, 9.17) is 10.5 Å². The van der Waals surface area contributed by atoms with Crippen molar-refractivity contribution in [3.63, 3.8) is 0 Å². The summed E-state index contributed by atoms with van der Waals surface area (Å²) in [6.07, 6.45) is 1.08. The van der Waals surface area contributed by atoms with E-state index in [0.29, 0.717) is 13.2 Å². The molecule has 0 heterocycles. The van der Waals surface area contributed by atoms with Crippen molar-refractivity contribution >= 4 is 0 Å². The zero-order valence-corrected chi connectivity index (χ0v) is 8.39. The van der Waals surface area contributed by atoms with Gasteiger partial charge in [0.15, 0.2) is 0 Å². The second-order valence-electron chi connectivity index (χ2n) is 3.13. The van der Waals surface area contributed by atoms with Gasteiger partial charge in [-0.05, 0) is 12.3 Å². The smallest absolute Gasteiger partial charge is 0.0588 e. The molecule has 0 rings (SSSR count). The fourth-order valence-electron chi connectivity index (χ4n) is 0.330. The standard InChI is InChI=1S/C5H13NO.C4H10/c1-2-4-7-5-3-6;1-4(2)3/h2-6H2,1H3;4H,1-3H3. The minimum Gasteiger partial charge on any atom is -0.380 e. The molecule has 0 unspecified atom stereocenters. The second kappa shape index (κ2) is 12.6. The third-order valence-corrected chi connectivity index (χ3v) is 0.611. The summed E-state index contributed by atoms with van der Waals surface area (Å²) >= 11 is 0. The van der Waals surface area contributed by atoms with E-state index in [2.05, 4.69) is 27.7 Å². The normalized spacial score (nSPS) is 9.27. The highest BCUT2D eigenvalue weighted by Gasteiger charge is 1.77. The summed E-state index contributed by atoms with van der Waals surface area (Å²) in [6, 6.07) is 0. The van der Waals surface area contributed by atoms with Crippen LogP contribution in [-0.4, -0.2) is 19.8 Å². The summed E-state index contributed by atoms with van der Waals surface area (Å²) in [5.74, 6) is 0.833. The molecule has 0 aliphatic carbocycles. The van der Waals surface area contributed by atoms with Gasteiger partial charge in [-0.2, -0.15) is 0 Å². The van der Waals surface area contributed by atoms with E-state index < -0.39 is 0 Å². The average Bonchev–Trinajstić information content (AvgIpc) is 1.88. The van der Waals surface area contributed by atoms with Crippen LogP contribution in [0.5, 0.6) is 0 Å². The van der Waals surface area contributed by atoms with E-state index in [9.17, 15) is 0 Å². The summed E-state index contributed by atoms with van der Waals surface area (Å²) in [4.78, 5) is 0. The van der Waals surface area contributed by atoms with Crippen molar-refractivity contribution in [2.24, 2.45) is 11.7 Å². The van der Waals surface area contributed by atoms with E-state index in [-0.39, 0.29) is 0 Å². The molecule has 0 atom stereocenters. The van der Waals surface area contributed by atoms with Crippen LogP contribution < -0.4 is 5.73 Å². The Bertz CT molecular complexity index is 48.8. The van der Waals surface area contributed by atoms with E-state index in [1.165, 1.54) is 0 Å². The molecule has 0 aliphatic heterocycles. The minimum absolute atomic E-state index is 0.639. The number of ether oxygens (including phenoxy) is 1. The highest BCUT2D eigenvalue weighted by atomic mass is 16.5. The van der Waals surface area contributed by atoms with Crippen LogP contribution in [0.3, 0.4) is 0 Å². The Morgan fingerprint density at radius 2 is 1.64 bits per heavy atom. The zero-order chi connectivity index (χ0) is 9.11. The van der Waals surface area contributed by atoms with E-state index >= 15 is 0 Å². The maximum atomic E-state index is 5.14. The number of rotatable bonds is 4. The quantitative estimate of drug-likeness (QED) is 0.640. The molecule has 2 heteroatoms. The van der Waals surface area contributed by atoms with Gasteiger partial charge in [-0.15, -0.1) is 0 Å². The number of nitrogens with two attached hydrogens (primary N) is 1. The Labute approximate surface area is 71.1 Å². The number of hydrogen-bond donors (Lipinski definition) is 1. The lowest BCUT2D eigenvalue weighted by atomic mass is 10.3. The van der Waals surface area contributed by atoms with Gasteiger partial charge in [0.1, 0.15) is 0 Å². The van der Waals surface area contributed by atoms with Crippen LogP contribution in [0.15, 0.2) is 0 Å². The highest BCUT2D eigenvalue weighted by molar-refractivity contribution is 4.29. The summed E-state index contributed by atoms with van der Waals surface area (Å²) < 4.78 is 5.01. The van der Waals surface area contributed by atoms with Crippen molar-refractivity contribution in [1.29, 1.82) is 0 Å². The Morgan fingerprint density at radius 3 is 1.91 bits per heavy atom. The van der Waals surface area contributed by atoms with Gasteiger partial charge in [0.25, 0.3) is 0 Å². The lowest BCUT2D eigenvalue weighted by Crippen LogP contribution is -2.08. The maximum Gasteiger partial charge on any atom is 0.0588 e. The van der Waals surface area contributed by atoms with Gasteiger partial charge in [0.05, 0.1) is 6.61 Å². The largest absolute Gasteiger partial charge is 0.380 e. The van der Waals surface area contributed by atoms with Crippen LogP contribution in [0.25, 0.3) is 0 Å². The predicted molar refractivity (Wildman–Crippen MR) is 50.7 cm³/mol. The molecule has 0 aromatic carbocycles. The van der Waals surface area contributed by atoms with Crippen LogP contribution in [-0.2, 0) is 4.74 Å². The molecule has 0 saturated carbocycles. The first-order chi connectivity index (χ1) is 5.15. The topological polar surface area (TPSA) is 35.2 Å². The van der Waals surface area contributed by atoms with Crippen molar-refractivity contribution in [3.8, 4) is 0 Å². The van der Waals surface area contributed by atoms with Gasteiger partial charge in [-0.25, -0.2) is 0 Å². The summed E-state index contributed by atoms with van der Waals surface area (Å²) in [6.45, 7) is 10.8. The molecule has 2 nitrogen and oxygen atoms in total. The van der Waals surface area contributed by atoms with Crippen LogP contribution in [0.4, 0.5) is 0 Å². The third kappa shape index (κ3) is 40.5. The monoisotopic (exact) mass is 161 g/mol. The summed E-state index contributed by atoms with van der Waals surface area (Å²) in [5, 5.41) is 0. The lowest BCUT2D eigenvalue weighted by molar-refractivity contribution is 0.142. The second-order valence-corrected chi connectivity index (χ2v) is 3.13. The average molecular weight is 161 g/mol. The Balaban J connectivity index is 0. The predicted octanol–water partition coefficient (Wildman–Crippen LogP) is 2.03. The molecule has 0 fully saturated rings. The molecule has 0 spiro atoms. The number of hydrogen-bond acceptors (Lipinski definition) is 2.